The van der Waals surface area contributed by atoms with Crippen molar-refractivity contribution in [2.45, 2.75) is 26.0 Å². The smallest absolute Gasteiger partial charge is 0.300 e. The summed E-state index contributed by atoms with van der Waals surface area (Å²) in [7, 11) is 3.08. The molecule has 0 saturated carbocycles. The number of methoxy groups -OCH3 is 2. The Morgan fingerprint density at radius 1 is 0.857 bits per heavy atom. The number of carbonyl (C=O) groups is 2. The molecule has 1 atom stereocenters. The molecule has 1 N–H and O–H groups in total. The fourth-order valence-corrected chi connectivity index (χ4v) is 4.08. The van der Waals surface area contributed by atoms with Gasteiger partial charge >= 0.3 is 0 Å². The second-order valence-electron chi connectivity index (χ2n) is 8.33. The van der Waals surface area contributed by atoms with Gasteiger partial charge < -0.3 is 19.3 Å². The number of rotatable bonds is 7. The van der Waals surface area contributed by atoms with E-state index in [9.17, 15) is 14.7 Å². The van der Waals surface area contributed by atoms with E-state index < -0.39 is 17.7 Å². The van der Waals surface area contributed by atoms with E-state index in [0.717, 1.165) is 0 Å². The van der Waals surface area contributed by atoms with Crippen molar-refractivity contribution in [2.75, 3.05) is 19.1 Å². The maximum atomic E-state index is 13.3. The Kier molecular flexibility index (Phi) is 6.78. The van der Waals surface area contributed by atoms with E-state index in [0.29, 0.717) is 34.1 Å². The number of aliphatic hydroxyl groups excluding tert-OH is 1. The summed E-state index contributed by atoms with van der Waals surface area (Å²) in [5.74, 6) is 0.0307. The van der Waals surface area contributed by atoms with E-state index in [1.165, 1.54) is 12.0 Å². The number of ketones is 1. The average molecular weight is 474 g/mol. The van der Waals surface area contributed by atoms with Crippen molar-refractivity contribution in [3.63, 3.8) is 0 Å². The number of anilines is 1. The molecule has 4 rings (SSSR count). The molecule has 0 aliphatic carbocycles. The van der Waals surface area contributed by atoms with Crippen molar-refractivity contribution < 1.29 is 28.9 Å². The molecule has 1 aliphatic rings. The summed E-state index contributed by atoms with van der Waals surface area (Å²) < 4.78 is 16.2. The van der Waals surface area contributed by atoms with Crippen LogP contribution in [0.3, 0.4) is 0 Å². The van der Waals surface area contributed by atoms with Gasteiger partial charge in [0.2, 0.25) is 0 Å². The van der Waals surface area contributed by atoms with Crippen molar-refractivity contribution in [1.29, 1.82) is 0 Å². The van der Waals surface area contributed by atoms with E-state index in [-0.39, 0.29) is 17.4 Å². The van der Waals surface area contributed by atoms with Crippen LogP contribution in [0.1, 0.15) is 31.0 Å². The Morgan fingerprint density at radius 3 is 2.09 bits per heavy atom. The number of benzene rings is 3. The summed E-state index contributed by atoms with van der Waals surface area (Å²) in [4.78, 5) is 28.0. The number of hydrogen-bond acceptors (Lipinski definition) is 6. The second-order valence-corrected chi connectivity index (χ2v) is 8.33. The van der Waals surface area contributed by atoms with Gasteiger partial charge in [-0.3, -0.25) is 14.5 Å². The molecule has 35 heavy (non-hydrogen) atoms. The summed E-state index contributed by atoms with van der Waals surface area (Å²) in [6, 6.07) is 19.9. The van der Waals surface area contributed by atoms with E-state index >= 15 is 0 Å². The fraction of sp³-hybridized carbons (Fsp3) is 0.214. The van der Waals surface area contributed by atoms with Crippen LogP contribution in [-0.4, -0.2) is 37.1 Å². The van der Waals surface area contributed by atoms with Crippen molar-refractivity contribution in [2.24, 2.45) is 0 Å². The Morgan fingerprint density at radius 2 is 1.49 bits per heavy atom. The average Bonchev–Trinajstić information content (AvgIpc) is 3.14. The highest BCUT2D eigenvalue weighted by Crippen LogP contribution is 2.43. The molecule has 7 nitrogen and oxygen atoms in total. The van der Waals surface area contributed by atoms with Crippen LogP contribution in [0, 0.1) is 0 Å². The second kappa shape index (κ2) is 9.93. The molecule has 3 aromatic carbocycles. The van der Waals surface area contributed by atoms with Crippen LogP contribution in [0.25, 0.3) is 5.76 Å². The third kappa shape index (κ3) is 4.71. The zero-order valence-corrected chi connectivity index (χ0v) is 20.0. The van der Waals surface area contributed by atoms with Gasteiger partial charge in [-0.15, -0.1) is 0 Å². The van der Waals surface area contributed by atoms with Gasteiger partial charge in [0.05, 0.1) is 31.9 Å². The van der Waals surface area contributed by atoms with E-state index in [1.54, 1.807) is 79.9 Å². The molecule has 0 spiro atoms. The topological polar surface area (TPSA) is 85.3 Å². The SMILES string of the molecule is COc1ccc(C2/C(=C(/O)c3cccc(OC)c3)C(=O)C(=O)N2c2ccc(OC(C)C)cc2)cc1. The predicted octanol–water partition coefficient (Wildman–Crippen LogP) is 5.12. The maximum Gasteiger partial charge on any atom is 0.300 e. The number of Topliss-reactive ketones (excluding diaryl/α,β-unsaturated/α-hetero) is 1. The lowest BCUT2D eigenvalue weighted by atomic mass is 9.95. The first-order valence-corrected chi connectivity index (χ1v) is 11.2. The Labute approximate surface area is 204 Å². The molecule has 0 radical (unpaired) electrons. The minimum atomic E-state index is -0.844. The minimum absolute atomic E-state index is 0.00255. The van der Waals surface area contributed by atoms with Crippen LogP contribution in [0.5, 0.6) is 17.2 Å². The largest absolute Gasteiger partial charge is 0.507 e. The molecule has 1 fully saturated rings. The van der Waals surface area contributed by atoms with Gasteiger partial charge in [-0.25, -0.2) is 0 Å². The number of hydrogen-bond donors (Lipinski definition) is 1. The molecule has 1 heterocycles. The molecule has 3 aromatic rings. The highest BCUT2D eigenvalue weighted by atomic mass is 16.5. The molecule has 0 bridgehead atoms. The monoisotopic (exact) mass is 473 g/mol. The quantitative estimate of drug-likeness (QED) is 0.291. The van der Waals surface area contributed by atoms with Crippen LogP contribution >= 0.6 is 0 Å². The summed E-state index contributed by atoms with van der Waals surface area (Å²) in [6.45, 7) is 3.85. The molecule has 0 aromatic heterocycles. The molecule has 1 unspecified atom stereocenters. The molecule has 180 valence electrons. The van der Waals surface area contributed by atoms with E-state index in [2.05, 4.69) is 0 Å². The van der Waals surface area contributed by atoms with Gasteiger partial charge in [0.15, 0.2) is 0 Å². The van der Waals surface area contributed by atoms with Gasteiger partial charge in [0.25, 0.3) is 11.7 Å². The van der Waals surface area contributed by atoms with Crippen molar-refractivity contribution in [3.8, 4) is 17.2 Å². The number of carbonyl (C=O) groups excluding carboxylic acids is 2. The maximum absolute atomic E-state index is 13.3. The molecule has 1 saturated heterocycles. The highest BCUT2D eigenvalue weighted by Gasteiger charge is 2.47. The predicted molar refractivity (Wildman–Crippen MR) is 133 cm³/mol. The van der Waals surface area contributed by atoms with Gasteiger partial charge in [-0.2, -0.15) is 0 Å². The minimum Gasteiger partial charge on any atom is -0.507 e. The zero-order valence-electron chi connectivity index (χ0n) is 20.0. The standard InChI is InChI=1S/C28H27NO6/c1-17(2)35-22-14-10-20(11-15-22)29-25(18-8-12-21(33-3)13-9-18)24(27(31)28(29)32)26(30)19-6-5-7-23(16-19)34-4/h5-17,25,30H,1-4H3/b26-24-. The Balaban J connectivity index is 1.87. The summed E-state index contributed by atoms with van der Waals surface area (Å²) in [5, 5.41) is 11.2. The number of ether oxygens (including phenoxy) is 3. The van der Waals surface area contributed by atoms with Gasteiger partial charge in [-0.05, 0) is 67.9 Å². The van der Waals surface area contributed by atoms with Crippen molar-refractivity contribution in [3.05, 3.63) is 89.5 Å². The Hall–Kier alpha value is -4.26. The highest BCUT2D eigenvalue weighted by molar-refractivity contribution is 6.51. The number of nitrogens with zero attached hydrogens (tertiary/aromatic N) is 1. The van der Waals surface area contributed by atoms with Gasteiger partial charge in [0.1, 0.15) is 23.0 Å². The summed E-state index contributed by atoms with van der Waals surface area (Å²) in [6.07, 6.45) is -0.00255. The third-order valence-electron chi connectivity index (χ3n) is 5.71. The van der Waals surface area contributed by atoms with Crippen molar-refractivity contribution >= 4 is 23.1 Å². The van der Waals surface area contributed by atoms with Gasteiger partial charge in [-0.1, -0.05) is 24.3 Å². The number of aliphatic hydroxyl groups is 1. The number of amides is 1. The van der Waals surface area contributed by atoms with Crippen LogP contribution < -0.4 is 19.1 Å². The zero-order chi connectivity index (χ0) is 25.1. The van der Waals surface area contributed by atoms with Crippen LogP contribution in [0.2, 0.25) is 0 Å². The molecule has 1 amide bonds. The van der Waals surface area contributed by atoms with E-state index in [1.807, 2.05) is 13.8 Å². The first-order chi connectivity index (χ1) is 16.8. The van der Waals surface area contributed by atoms with Crippen LogP contribution in [0.4, 0.5) is 5.69 Å². The fourth-order valence-electron chi connectivity index (χ4n) is 4.08. The van der Waals surface area contributed by atoms with Gasteiger partial charge in [0, 0.05) is 11.3 Å². The lowest BCUT2D eigenvalue weighted by Crippen LogP contribution is -2.29. The van der Waals surface area contributed by atoms with Crippen molar-refractivity contribution in [1.82, 2.24) is 0 Å². The normalized spacial score (nSPS) is 17.1. The summed E-state index contributed by atoms with van der Waals surface area (Å²) >= 11 is 0. The Bertz CT molecular complexity index is 1260. The molecular formula is C28H27NO6. The molecular weight excluding hydrogens is 446 g/mol. The molecule has 1 aliphatic heterocycles. The van der Waals surface area contributed by atoms with Crippen LogP contribution in [-0.2, 0) is 9.59 Å². The third-order valence-corrected chi connectivity index (χ3v) is 5.71. The summed E-state index contributed by atoms with van der Waals surface area (Å²) in [5.41, 5.74) is 1.53. The first kappa shape index (κ1) is 23.9. The van der Waals surface area contributed by atoms with Crippen LogP contribution in [0.15, 0.2) is 78.4 Å². The lowest BCUT2D eigenvalue weighted by molar-refractivity contribution is -0.132. The molecule has 7 heteroatoms. The van der Waals surface area contributed by atoms with E-state index in [4.69, 9.17) is 14.2 Å². The lowest BCUT2D eigenvalue weighted by Gasteiger charge is -2.26. The first-order valence-electron chi connectivity index (χ1n) is 11.2.